The first kappa shape index (κ1) is 33.9. The van der Waals surface area contributed by atoms with Crippen molar-refractivity contribution in [1.82, 2.24) is 9.71 Å². The lowest BCUT2D eigenvalue weighted by Crippen LogP contribution is -2.31. The van der Waals surface area contributed by atoms with E-state index in [4.69, 9.17) is 9.47 Å². The Morgan fingerprint density at radius 1 is 0.863 bits per heavy atom. The van der Waals surface area contributed by atoms with Gasteiger partial charge >= 0.3 is 6.09 Å². The Kier molecular flexibility index (Phi) is 9.51. The molecule has 9 nitrogen and oxygen atoms in total. The maximum Gasteiger partial charge on any atom is 0.411 e. The standard InChI is InChI=1S/C41H39N3O6S/c1-26-9-3-8-14-39(26)51(47,48)44-40(45)30-17-19-33(38(23-30)49-2)34(22-27-15-16-28-10-4-5-11-29(28)21-27)36-25-42-37-20-18-31(24-35(36)37)43-41(46)50-32-12-6-7-13-32/h3-5,8-11,14-21,23-25,32,34,42H,6-7,12-13,22H2,1-2H3,(H,43,46)(H,44,45). The van der Waals surface area contributed by atoms with Gasteiger partial charge in [0, 0.05) is 39.8 Å². The summed E-state index contributed by atoms with van der Waals surface area (Å²) in [5.74, 6) is -0.588. The molecule has 0 saturated heterocycles. The third-order valence-electron chi connectivity index (χ3n) is 9.65. The van der Waals surface area contributed by atoms with Crippen molar-refractivity contribution in [2.45, 2.75) is 55.9 Å². The maximum absolute atomic E-state index is 13.4. The van der Waals surface area contributed by atoms with E-state index in [1.807, 2.05) is 42.6 Å². The molecule has 1 aromatic heterocycles. The van der Waals surface area contributed by atoms with Crippen molar-refractivity contribution in [1.29, 1.82) is 0 Å². The summed E-state index contributed by atoms with van der Waals surface area (Å²) in [4.78, 5) is 29.5. The lowest BCUT2D eigenvalue weighted by atomic mass is 9.84. The average molecular weight is 702 g/mol. The van der Waals surface area contributed by atoms with Gasteiger partial charge < -0.3 is 14.5 Å². The number of H-pyrrole nitrogens is 1. The second kappa shape index (κ2) is 14.3. The number of rotatable bonds is 10. The van der Waals surface area contributed by atoms with Gasteiger partial charge in [0.25, 0.3) is 15.9 Å². The minimum atomic E-state index is -4.11. The number of hydrogen-bond donors (Lipinski definition) is 3. The van der Waals surface area contributed by atoms with Crippen molar-refractivity contribution in [3.05, 3.63) is 137 Å². The molecule has 2 amide bonds. The highest BCUT2D eigenvalue weighted by molar-refractivity contribution is 7.90. The number of hydrogen-bond acceptors (Lipinski definition) is 6. The van der Waals surface area contributed by atoms with E-state index in [0.29, 0.717) is 23.4 Å². The van der Waals surface area contributed by atoms with Gasteiger partial charge in [0.1, 0.15) is 11.9 Å². The van der Waals surface area contributed by atoms with Crippen LogP contribution in [0.15, 0.2) is 114 Å². The molecule has 1 saturated carbocycles. The van der Waals surface area contributed by atoms with Gasteiger partial charge in [0.15, 0.2) is 0 Å². The summed E-state index contributed by atoms with van der Waals surface area (Å²) in [5.41, 5.74) is 5.04. The first-order valence-corrected chi connectivity index (χ1v) is 18.5. The summed E-state index contributed by atoms with van der Waals surface area (Å²) >= 11 is 0. The summed E-state index contributed by atoms with van der Waals surface area (Å²) in [6.45, 7) is 1.68. The fourth-order valence-electron chi connectivity index (χ4n) is 7.04. The molecule has 1 aliphatic carbocycles. The van der Waals surface area contributed by atoms with Crippen LogP contribution < -0.4 is 14.8 Å². The highest BCUT2D eigenvalue weighted by Gasteiger charge is 2.26. The average Bonchev–Trinajstić information content (AvgIpc) is 3.80. The van der Waals surface area contributed by atoms with Crippen LogP contribution in [0.25, 0.3) is 21.7 Å². The number of methoxy groups -OCH3 is 1. The molecule has 3 N–H and O–H groups in total. The van der Waals surface area contributed by atoms with Crippen molar-refractivity contribution in [2.24, 2.45) is 0 Å². The number of ether oxygens (including phenoxy) is 2. The van der Waals surface area contributed by atoms with Gasteiger partial charge in [-0.2, -0.15) is 0 Å². The van der Waals surface area contributed by atoms with Crippen LogP contribution in [0.1, 0.15) is 64.2 Å². The summed E-state index contributed by atoms with van der Waals surface area (Å²) in [6, 6.07) is 31.8. The van der Waals surface area contributed by atoms with Crippen LogP contribution in [0.2, 0.25) is 0 Å². The lowest BCUT2D eigenvalue weighted by molar-refractivity contribution is 0.0980. The van der Waals surface area contributed by atoms with Crippen molar-refractivity contribution in [3.8, 4) is 5.75 Å². The van der Waals surface area contributed by atoms with Crippen molar-refractivity contribution in [3.63, 3.8) is 0 Å². The molecule has 0 spiro atoms. The van der Waals surface area contributed by atoms with E-state index in [1.165, 1.54) is 13.2 Å². The highest BCUT2D eigenvalue weighted by atomic mass is 32.2. The summed E-state index contributed by atoms with van der Waals surface area (Å²) in [7, 11) is -2.57. The second-order valence-electron chi connectivity index (χ2n) is 13.0. The Morgan fingerprint density at radius 3 is 2.41 bits per heavy atom. The van der Waals surface area contributed by atoms with Gasteiger partial charge in [-0.1, -0.05) is 66.7 Å². The molecule has 260 valence electrons. The quantitative estimate of drug-likeness (QED) is 0.131. The zero-order valence-corrected chi connectivity index (χ0v) is 29.3. The van der Waals surface area contributed by atoms with E-state index in [-0.39, 0.29) is 22.5 Å². The summed E-state index contributed by atoms with van der Waals surface area (Å²) in [6.07, 6.45) is 5.93. The predicted molar refractivity (Wildman–Crippen MR) is 199 cm³/mol. The molecule has 0 bridgehead atoms. The van der Waals surface area contributed by atoms with Crippen LogP contribution in [0.5, 0.6) is 5.75 Å². The zero-order chi connectivity index (χ0) is 35.5. The molecule has 1 atom stereocenters. The van der Waals surface area contributed by atoms with Crippen LogP contribution in [-0.4, -0.2) is 38.6 Å². The smallest absolute Gasteiger partial charge is 0.411 e. The number of aromatic nitrogens is 1. The Bertz CT molecular complexity index is 2360. The van der Waals surface area contributed by atoms with Crippen LogP contribution >= 0.6 is 0 Å². The SMILES string of the molecule is COc1cc(C(=O)NS(=O)(=O)c2ccccc2C)ccc1C(Cc1ccc2ccccc2c1)c1c[nH]c2ccc(NC(=O)OC3CCCC3)cc12. The molecular formula is C41H39N3O6S. The van der Waals surface area contributed by atoms with Crippen LogP contribution in [0.4, 0.5) is 10.5 Å². The Morgan fingerprint density at radius 2 is 1.63 bits per heavy atom. The van der Waals surface area contributed by atoms with E-state index in [1.54, 1.807) is 37.3 Å². The van der Waals surface area contributed by atoms with Crippen LogP contribution in [0.3, 0.4) is 0 Å². The van der Waals surface area contributed by atoms with E-state index >= 15 is 0 Å². The molecule has 0 aliphatic heterocycles. The number of aromatic amines is 1. The molecule has 7 rings (SSSR count). The van der Waals surface area contributed by atoms with E-state index in [0.717, 1.165) is 64.0 Å². The van der Waals surface area contributed by atoms with Gasteiger partial charge in [0.05, 0.1) is 12.0 Å². The minimum absolute atomic E-state index is 0.0392. The molecule has 1 aliphatic rings. The van der Waals surface area contributed by atoms with Crippen LogP contribution in [0, 0.1) is 6.92 Å². The third-order valence-corrected chi connectivity index (χ3v) is 11.1. The minimum Gasteiger partial charge on any atom is -0.496 e. The normalized spacial score (nSPS) is 14.0. The number of sulfonamides is 1. The number of fused-ring (bicyclic) bond motifs is 2. The number of carbonyl (C=O) groups excluding carboxylic acids is 2. The largest absolute Gasteiger partial charge is 0.496 e. The van der Waals surface area contributed by atoms with Crippen molar-refractivity contribution >= 4 is 49.4 Å². The fraction of sp³-hybridized carbons (Fsp3) is 0.220. The van der Waals surface area contributed by atoms with Gasteiger partial charge in [-0.05, 0) is 103 Å². The fourth-order valence-corrected chi connectivity index (χ4v) is 8.26. The van der Waals surface area contributed by atoms with Gasteiger partial charge in [-0.25, -0.2) is 17.9 Å². The first-order chi connectivity index (χ1) is 24.7. The summed E-state index contributed by atoms with van der Waals surface area (Å²) < 4.78 is 40.0. The third kappa shape index (κ3) is 7.32. The number of benzene rings is 5. The molecule has 51 heavy (non-hydrogen) atoms. The maximum atomic E-state index is 13.4. The number of carbonyl (C=O) groups is 2. The van der Waals surface area contributed by atoms with Crippen molar-refractivity contribution < 1.29 is 27.5 Å². The Balaban J connectivity index is 1.25. The number of nitrogens with one attached hydrogen (secondary N) is 3. The monoisotopic (exact) mass is 701 g/mol. The molecule has 10 heteroatoms. The number of anilines is 1. The molecule has 6 aromatic rings. The number of aryl methyl sites for hydroxylation is 1. The number of amides is 2. The summed E-state index contributed by atoms with van der Waals surface area (Å²) in [5, 5.41) is 6.08. The molecular weight excluding hydrogens is 663 g/mol. The molecule has 1 heterocycles. The van der Waals surface area contributed by atoms with Gasteiger partial charge in [0.2, 0.25) is 0 Å². The van der Waals surface area contributed by atoms with Crippen molar-refractivity contribution in [2.75, 3.05) is 12.4 Å². The predicted octanol–water partition coefficient (Wildman–Crippen LogP) is 8.62. The van der Waals surface area contributed by atoms with E-state index in [2.05, 4.69) is 45.4 Å². The van der Waals surface area contributed by atoms with Gasteiger partial charge in [-0.3, -0.25) is 10.1 Å². The molecule has 1 fully saturated rings. The lowest BCUT2D eigenvalue weighted by Gasteiger charge is -2.21. The molecule has 5 aromatic carbocycles. The van der Waals surface area contributed by atoms with E-state index in [9.17, 15) is 18.0 Å². The Labute approximate surface area is 297 Å². The molecule has 0 radical (unpaired) electrons. The highest BCUT2D eigenvalue weighted by Crippen LogP contribution is 2.39. The first-order valence-electron chi connectivity index (χ1n) is 17.1. The Hall–Kier alpha value is -5.61. The van der Waals surface area contributed by atoms with Gasteiger partial charge in [-0.15, -0.1) is 0 Å². The second-order valence-corrected chi connectivity index (χ2v) is 14.7. The molecule has 1 unspecified atom stereocenters. The van der Waals surface area contributed by atoms with Crippen LogP contribution in [-0.2, 0) is 21.2 Å². The zero-order valence-electron chi connectivity index (χ0n) is 28.4. The van der Waals surface area contributed by atoms with E-state index < -0.39 is 22.0 Å². The topological polar surface area (TPSA) is 127 Å².